The lowest BCUT2D eigenvalue weighted by Gasteiger charge is -2.40. The van der Waals surface area contributed by atoms with E-state index in [9.17, 15) is 22.4 Å². The number of anilines is 2. The second-order valence-electron chi connectivity index (χ2n) is 11.6. The van der Waals surface area contributed by atoms with Crippen molar-refractivity contribution in [2.45, 2.75) is 57.2 Å². The molecule has 2 saturated heterocycles. The minimum Gasteiger partial charge on any atom is -0.462 e. The zero-order chi connectivity index (χ0) is 32.6. The number of nitrogens with zero attached hydrogens (tertiary/aromatic N) is 6. The lowest BCUT2D eigenvalue weighted by molar-refractivity contribution is -0.140. The van der Waals surface area contributed by atoms with Gasteiger partial charge in [-0.1, -0.05) is 6.58 Å². The Morgan fingerprint density at radius 1 is 1.27 bits per heavy atom. The molecule has 3 aliphatic heterocycles. The Hall–Kier alpha value is -4.03. The molecule has 1 aromatic carbocycles. The molecule has 0 bridgehead atoms. The number of piperazine rings is 1. The molecule has 3 aliphatic rings. The molecule has 0 spiro atoms. The molecule has 2 fully saturated rings. The van der Waals surface area contributed by atoms with Crippen LogP contribution in [0.3, 0.4) is 0 Å². The van der Waals surface area contributed by atoms with Crippen LogP contribution in [0.2, 0.25) is 0 Å². The third kappa shape index (κ3) is 6.53. The maximum atomic E-state index is 15.3. The summed E-state index contributed by atoms with van der Waals surface area (Å²) in [6.07, 6.45) is -4.53. The van der Waals surface area contributed by atoms with Gasteiger partial charge in [0, 0.05) is 43.2 Å². The predicted octanol–water partition coefficient (Wildman–Crippen LogP) is 4.23. The Morgan fingerprint density at radius 2 is 2.02 bits per heavy atom. The van der Waals surface area contributed by atoms with Gasteiger partial charge >= 0.3 is 12.2 Å². The maximum absolute atomic E-state index is 15.3. The number of aryl methyl sites for hydroxylation is 1. The van der Waals surface area contributed by atoms with Gasteiger partial charge in [0.1, 0.15) is 18.5 Å². The SMILES string of the molecule is [C-]#[N+]CC1CN(c2nc(OC[C@@H]3CCCN3C)nc3c2COC(c2c(F)c(N)cc(C)c2C(F)(F)F)C3)CCN1C(=O)C(=C)F. The zero-order valence-electron chi connectivity index (χ0n) is 25.0. The number of amides is 1. The molecular weight excluding hydrogens is 601 g/mol. The maximum Gasteiger partial charge on any atom is 0.417 e. The highest BCUT2D eigenvalue weighted by atomic mass is 19.4. The number of nitrogen functional groups attached to an aromatic ring is 1. The van der Waals surface area contributed by atoms with Crippen LogP contribution in [-0.4, -0.2) is 84.1 Å². The summed E-state index contributed by atoms with van der Waals surface area (Å²) < 4.78 is 83.5. The van der Waals surface area contributed by atoms with Gasteiger partial charge in [-0.25, -0.2) is 15.4 Å². The fourth-order valence-electron chi connectivity index (χ4n) is 6.36. The number of fused-ring (bicyclic) bond motifs is 1. The Morgan fingerprint density at radius 3 is 2.67 bits per heavy atom. The second kappa shape index (κ2) is 12.8. The summed E-state index contributed by atoms with van der Waals surface area (Å²) in [5.74, 6) is -2.88. The van der Waals surface area contributed by atoms with Gasteiger partial charge in [0.15, 0.2) is 11.6 Å². The summed E-state index contributed by atoms with van der Waals surface area (Å²) >= 11 is 0. The zero-order valence-corrected chi connectivity index (χ0v) is 25.0. The Labute approximate surface area is 257 Å². The predicted molar refractivity (Wildman–Crippen MR) is 154 cm³/mol. The van der Waals surface area contributed by atoms with E-state index >= 15 is 4.39 Å². The summed E-state index contributed by atoms with van der Waals surface area (Å²) in [5, 5.41) is 0. The first-order valence-electron chi connectivity index (χ1n) is 14.5. The molecule has 1 amide bonds. The molecule has 10 nitrogen and oxygen atoms in total. The number of likely N-dealkylation sites (N-methyl/N-ethyl adjacent to an activating group) is 1. The van der Waals surface area contributed by atoms with Crippen molar-refractivity contribution in [3.63, 3.8) is 0 Å². The highest BCUT2D eigenvalue weighted by Crippen LogP contribution is 2.44. The van der Waals surface area contributed by atoms with Gasteiger partial charge in [-0.05, 0) is 45.0 Å². The summed E-state index contributed by atoms with van der Waals surface area (Å²) in [6.45, 7) is 12.9. The van der Waals surface area contributed by atoms with Crippen LogP contribution in [0.1, 0.15) is 46.9 Å². The number of ether oxygens (including phenoxy) is 2. The second-order valence-corrected chi connectivity index (χ2v) is 11.6. The van der Waals surface area contributed by atoms with E-state index in [1.54, 1.807) is 4.90 Å². The van der Waals surface area contributed by atoms with Gasteiger partial charge < -0.3 is 34.8 Å². The molecule has 2 N–H and O–H groups in total. The fourth-order valence-corrected chi connectivity index (χ4v) is 6.36. The summed E-state index contributed by atoms with van der Waals surface area (Å²) in [7, 11) is 1.98. The minimum absolute atomic E-state index is 0.0117. The van der Waals surface area contributed by atoms with Crippen LogP contribution in [0.25, 0.3) is 4.85 Å². The summed E-state index contributed by atoms with van der Waals surface area (Å²) in [4.78, 5) is 30.2. The molecule has 5 rings (SSSR count). The molecule has 2 aromatic rings. The highest BCUT2D eigenvalue weighted by Gasteiger charge is 2.42. The smallest absolute Gasteiger partial charge is 0.417 e. The first kappa shape index (κ1) is 32.4. The van der Waals surface area contributed by atoms with E-state index in [0.717, 1.165) is 25.5 Å². The molecule has 2 unspecified atom stereocenters. The van der Waals surface area contributed by atoms with E-state index in [1.165, 1.54) is 11.8 Å². The van der Waals surface area contributed by atoms with Gasteiger partial charge in [0.25, 0.3) is 5.91 Å². The molecule has 15 heteroatoms. The van der Waals surface area contributed by atoms with Crippen molar-refractivity contribution in [1.82, 2.24) is 19.8 Å². The lowest BCUT2D eigenvalue weighted by atomic mass is 9.91. The van der Waals surface area contributed by atoms with Crippen molar-refractivity contribution < 1.29 is 36.2 Å². The van der Waals surface area contributed by atoms with Gasteiger partial charge in [-0.15, -0.1) is 0 Å². The first-order valence-corrected chi connectivity index (χ1v) is 14.5. The number of hydrogen-bond acceptors (Lipinski definition) is 8. The van der Waals surface area contributed by atoms with E-state index in [4.69, 9.17) is 21.8 Å². The van der Waals surface area contributed by atoms with Crippen LogP contribution in [0.5, 0.6) is 6.01 Å². The van der Waals surface area contributed by atoms with E-state index in [0.29, 0.717) is 17.1 Å². The molecule has 0 saturated carbocycles. The van der Waals surface area contributed by atoms with Crippen molar-refractivity contribution in [3.8, 4) is 6.01 Å². The number of rotatable bonds is 7. The number of carbonyl (C=O) groups excluding carboxylic acids is 1. The number of hydrogen-bond donors (Lipinski definition) is 1. The quantitative estimate of drug-likeness (QED) is 0.209. The number of carbonyl (C=O) groups is 1. The van der Waals surface area contributed by atoms with Crippen molar-refractivity contribution in [1.29, 1.82) is 0 Å². The highest BCUT2D eigenvalue weighted by molar-refractivity contribution is 5.91. The Bertz CT molecular complexity index is 1530. The van der Waals surface area contributed by atoms with Crippen molar-refractivity contribution in [3.05, 3.63) is 63.7 Å². The molecule has 242 valence electrons. The van der Waals surface area contributed by atoms with Crippen molar-refractivity contribution in [2.24, 2.45) is 0 Å². The Balaban J connectivity index is 1.53. The van der Waals surface area contributed by atoms with Gasteiger partial charge in [0.2, 0.25) is 6.54 Å². The van der Waals surface area contributed by atoms with Crippen LogP contribution in [0, 0.1) is 19.3 Å². The van der Waals surface area contributed by atoms with Crippen LogP contribution in [0.4, 0.5) is 33.5 Å². The fraction of sp³-hybridized carbons (Fsp3) is 0.533. The largest absolute Gasteiger partial charge is 0.462 e. The summed E-state index contributed by atoms with van der Waals surface area (Å²) in [5.41, 5.74) is 4.04. The molecule has 0 aliphatic carbocycles. The minimum atomic E-state index is -4.87. The first-order chi connectivity index (χ1) is 21.3. The van der Waals surface area contributed by atoms with Gasteiger partial charge in [0.05, 0.1) is 29.7 Å². The standard InChI is InChI=1S/C30H34F5N7O3/c1-16-10-21(36)26(32)24(25(16)30(33,34)35)23-11-22-20(15-44-23)27(39-29(38-22)45-14-18-6-5-7-40(18)4)41-8-9-42(28(43)17(2)31)19(13-41)12-37-3/h10,18-19,23H,2,5-9,11-15,36H2,1,4H3/t18-,19?,23?/m0/s1. The average molecular weight is 636 g/mol. The number of nitrogens with two attached hydrogens (primary N) is 1. The van der Waals surface area contributed by atoms with Crippen LogP contribution in [0.15, 0.2) is 18.5 Å². The number of benzene rings is 1. The van der Waals surface area contributed by atoms with Crippen molar-refractivity contribution >= 4 is 17.4 Å². The molecule has 1 aromatic heterocycles. The normalized spacial score (nSPS) is 22.2. The Kier molecular flexibility index (Phi) is 9.18. The summed E-state index contributed by atoms with van der Waals surface area (Å²) in [6, 6.07) is 0.373. The number of alkyl halides is 3. The van der Waals surface area contributed by atoms with E-state index in [-0.39, 0.29) is 63.4 Å². The van der Waals surface area contributed by atoms with E-state index < -0.39 is 52.7 Å². The average Bonchev–Trinajstić information content (AvgIpc) is 3.40. The molecule has 0 radical (unpaired) electrons. The topological polar surface area (TPSA) is 101 Å². The third-order valence-corrected chi connectivity index (χ3v) is 8.64. The van der Waals surface area contributed by atoms with Gasteiger partial charge in [-0.3, -0.25) is 4.79 Å². The molecule has 4 heterocycles. The number of aromatic nitrogens is 2. The monoisotopic (exact) mass is 635 g/mol. The number of likely N-dealkylation sites (tertiary alicyclic amines) is 1. The van der Waals surface area contributed by atoms with Crippen LogP contribution >= 0.6 is 0 Å². The molecular formula is C30H34F5N7O3. The van der Waals surface area contributed by atoms with E-state index in [2.05, 4.69) is 26.3 Å². The third-order valence-electron chi connectivity index (χ3n) is 8.64. The van der Waals surface area contributed by atoms with E-state index in [1.807, 2.05) is 7.05 Å². The van der Waals surface area contributed by atoms with Crippen molar-refractivity contribution in [2.75, 3.05) is 57.0 Å². The molecule has 45 heavy (non-hydrogen) atoms. The van der Waals surface area contributed by atoms with Crippen LogP contribution in [-0.2, 0) is 28.7 Å². The number of halogens is 5. The lowest BCUT2D eigenvalue weighted by Crippen LogP contribution is -2.57. The van der Waals surface area contributed by atoms with Gasteiger partial charge in [-0.2, -0.15) is 23.1 Å². The van der Waals surface area contributed by atoms with Crippen LogP contribution < -0.4 is 15.4 Å². The molecule has 3 atom stereocenters.